The molecule has 5 heterocycles. The SMILES string of the molecule is C[C@]12C=CCN(Cc3ccccc3)C(=O)[C@H]1[C@H]1C(=O)N(CCCCO)C3C(=O)N(Cn4nnc5ccccc54)CC=C[C@@]31O2. The summed E-state index contributed by atoms with van der Waals surface area (Å²) in [6.45, 7) is 3.34. The van der Waals surface area contributed by atoms with Crippen LogP contribution < -0.4 is 0 Å². The Balaban J connectivity index is 1.26. The van der Waals surface area contributed by atoms with Crippen molar-refractivity contribution in [1.29, 1.82) is 0 Å². The van der Waals surface area contributed by atoms with E-state index in [4.69, 9.17) is 4.74 Å². The van der Waals surface area contributed by atoms with Crippen LogP contribution in [0.2, 0.25) is 0 Å². The van der Waals surface area contributed by atoms with E-state index in [2.05, 4.69) is 10.3 Å². The van der Waals surface area contributed by atoms with Crippen molar-refractivity contribution < 1.29 is 24.2 Å². The average Bonchev–Trinajstić information content (AvgIpc) is 3.55. The van der Waals surface area contributed by atoms with Crippen molar-refractivity contribution in [2.24, 2.45) is 11.8 Å². The number of nitrogens with zero attached hydrogens (tertiary/aromatic N) is 6. The van der Waals surface area contributed by atoms with Gasteiger partial charge in [-0.15, -0.1) is 5.10 Å². The predicted molar refractivity (Wildman–Crippen MR) is 160 cm³/mol. The highest BCUT2D eigenvalue weighted by atomic mass is 16.5. The first-order valence-electron chi connectivity index (χ1n) is 15.2. The number of carbonyl (C=O) groups is 3. The molecule has 11 heteroatoms. The molecule has 1 spiro atoms. The minimum atomic E-state index is -1.33. The Kier molecular flexibility index (Phi) is 7.09. The standard InChI is InChI=1S/C33H36N6O5/c1-32-15-9-17-36(21-23-11-3-2-4-12-23)29(41)26(32)27-30(42)38(19-7-8-20-40)28-31(43)37(18-10-16-33(27,28)44-32)22-39-25-14-6-5-13-24(25)34-35-39/h2-6,9-16,26-28,40H,7-8,17-22H2,1H3/t26-,27+,28?,32+,33+/m1/s1. The number of aliphatic hydroxyl groups is 1. The number of likely N-dealkylation sites (tertiary alicyclic amines) is 1. The third kappa shape index (κ3) is 4.45. The highest BCUT2D eigenvalue weighted by Crippen LogP contribution is 2.57. The zero-order chi connectivity index (χ0) is 30.5. The number of amides is 3. The molecule has 2 fully saturated rings. The number of unbranched alkanes of at least 4 members (excludes halogenated alkanes) is 1. The van der Waals surface area contributed by atoms with Crippen molar-refractivity contribution >= 4 is 28.8 Å². The fraction of sp³-hybridized carbons (Fsp3) is 0.424. The van der Waals surface area contributed by atoms with Crippen molar-refractivity contribution in [2.75, 3.05) is 26.2 Å². The third-order valence-corrected chi connectivity index (χ3v) is 9.47. The van der Waals surface area contributed by atoms with E-state index in [0.717, 1.165) is 16.6 Å². The summed E-state index contributed by atoms with van der Waals surface area (Å²) in [4.78, 5) is 48.5. The van der Waals surface area contributed by atoms with Gasteiger partial charge in [-0.3, -0.25) is 14.4 Å². The van der Waals surface area contributed by atoms with Crippen molar-refractivity contribution in [3.05, 3.63) is 84.5 Å². The second kappa shape index (κ2) is 11.0. The minimum Gasteiger partial charge on any atom is -0.396 e. The Labute approximate surface area is 255 Å². The second-order valence-electron chi connectivity index (χ2n) is 12.2. The minimum absolute atomic E-state index is 0.0183. The molecule has 4 aliphatic rings. The van der Waals surface area contributed by atoms with E-state index in [1.165, 1.54) is 0 Å². The molecule has 2 aromatic carbocycles. The maximum absolute atomic E-state index is 14.6. The number of carbonyl (C=O) groups excluding carboxylic acids is 3. The van der Waals surface area contributed by atoms with Gasteiger partial charge in [-0.2, -0.15) is 0 Å². The number of ether oxygens (including phenoxy) is 1. The van der Waals surface area contributed by atoms with E-state index in [9.17, 15) is 19.5 Å². The van der Waals surface area contributed by atoms with Crippen LogP contribution in [0.3, 0.4) is 0 Å². The number of hydrogen-bond donors (Lipinski definition) is 1. The molecule has 3 amide bonds. The van der Waals surface area contributed by atoms with Gasteiger partial charge in [0.1, 0.15) is 23.8 Å². The molecular formula is C33H36N6O5. The first-order valence-corrected chi connectivity index (χ1v) is 15.2. The van der Waals surface area contributed by atoms with E-state index >= 15 is 0 Å². The summed E-state index contributed by atoms with van der Waals surface area (Å²) in [6.07, 6.45) is 8.56. The number of fused-ring (bicyclic) bond motifs is 3. The van der Waals surface area contributed by atoms with E-state index in [1.54, 1.807) is 19.4 Å². The Hall–Kier alpha value is -4.35. The van der Waals surface area contributed by atoms with E-state index < -0.39 is 29.1 Å². The molecule has 2 saturated heterocycles. The maximum atomic E-state index is 14.6. The van der Waals surface area contributed by atoms with Crippen LogP contribution in [0.5, 0.6) is 0 Å². The number of aliphatic hydroxyl groups excluding tert-OH is 1. The van der Waals surface area contributed by atoms with Crippen LogP contribution >= 0.6 is 0 Å². The first kappa shape index (κ1) is 28.4. The lowest BCUT2D eigenvalue weighted by atomic mass is 9.74. The molecular weight excluding hydrogens is 560 g/mol. The fourth-order valence-electron chi connectivity index (χ4n) is 7.51. The highest BCUT2D eigenvalue weighted by Gasteiger charge is 2.74. The van der Waals surface area contributed by atoms with Crippen LogP contribution in [-0.4, -0.2) is 96.0 Å². The molecule has 5 atom stereocenters. The third-order valence-electron chi connectivity index (χ3n) is 9.47. The lowest BCUT2D eigenvalue weighted by molar-refractivity contribution is -0.153. The van der Waals surface area contributed by atoms with Gasteiger partial charge < -0.3 is 24.5 Å². The second-order valence-corrected chi connectivity index (χ2v) is 12.2. The molecule has 228 valence electrons. The van der Waals surface area contributed by atoms with Gasteiger partial charge in [0.2, 0.25) is 11.8 Å². The Morgan fingerprint density at radius 1 is 0.886 bits per heavy atom. The summed E-state index contributed by atoms with van der Waals surface area (Å²) in [5.41, 5.74) is 0.0984. The van der Waals surface area contributed by atoms with Crippen molar-refractivity contribution in [1.82, 2.24) is 29.7 Å². The van der Waals surface area contributed by atoms with Gasteiger partial charge in [-0.05, 0) is 37.5 Å². The number of para-hydroxylation sites is 1. The van der Waals surface area contributed by atoms with Crippen LogP contribution in [0.1, 0.15) is 25.3 Å². The summed E-state index contributed by atoms with van der Waals surface area (Å²) in [7, 11) is 0. The van der Waals surface area contributed by atoms with Gasteiger partial charge in [0.25, 0.3) is 5.91 Å². The number of hydrogen-bond acceptors (Lipinski definition) is 7. The van der Waals surface area contributed by atoms with Crippen LogP contribution in [0, 0.1) is 11.8 Å². The molecule has 0 aliphatic carbocycles. The molecule has 11 nitrogen and oxygen atoms in total. The van der Waals surface area contributed by atoms with Gasteiger partial charge >= 0.3 is 0 Å². The number of aromatic nitrogens is 3. The quantitative estimate of drug-likeness (QED) is 0.312. The summed E-state index contributed by atoms with van der Waals surface area (Å²) in [5, 5.41) is 18.0. The molecule has 1 N–H and O–H groups in total. The van der Waals surface area contributed by atoms with Crippen molar-refractivity contribution in [3.63, 3.8) is 0 Å². The van der Waals surface area contributed by atoms with Crippen molar-refractivity contribution in [3.8, 4) is 0 Å². The molecule has 1 unspecified atom stereocenters. The molecule has 44 heavy (non-hydrogen) atoms. The summed E-state index contributed by atoms with van der Waals surface area (Å²) in [5.74, 6) is -2.40. The van der Waals surface area contributed by atoms with E-state index in [0.29, 0.717) is 25.9 Å². The molecule has 0 bridgehead atoms. The topological polar surface area (TPSA) is 121 Å². The summed E-state index contributed by atoms with van der Waals surface area (Å²) < 4.78 is 8.59. The largest absolute Gasteiger partial charge is 0.396 e. The van der Waals surface area contributed by atoms with Crippen LogP contribution in [0.15, 0.2) is 78.9 Å². The van der Waals surface area contributed by atoms with Gasteiger partial charge in [0.15, 0.2) is 0 Å². The smallest absolute Gasteiger partial charge is 0.250 e. The van der Waals surface area contributed by atoms with Crippen LogP contribution in [0.4, 0.5) is 0 Å². The first-order chi connectivity index (χ1) is 21.4. The highest BCUT2D eigenvalue weighted by molar-refractivity contribution is 6.00. The Morgan fingerprint density at radius 2 is 1.64 bits per heavy atom. The number of benzene rings is 2. The maximum Gasteiger partial charge on any atom is 0.250 e. The Bertz CT molecular complexity index is 1650. The van der Waals surface area contributed by atoms with E-state index in [1.807, 2.05) is 85.8 Å². The molecule has 3 aromatic rings. The zero-order valence-corrected chi connectivity index (χ0v) is 24.7. The lowest BCUT2D eigenvalue weighted by Gasteiger charge is -2.37. The van der Waals surface area contributed by atoms with Crippen LogP contribution in [0.25, 0.3) is 11.0 Å². The molecule has 7 rings (SSSR count). The Morgan fingerprint density at radius 3 is 2.45 bits per heavy atom. The molecule has 4 aliphatic heterocycles. The molecule has 0 radical (unpaired) electrons. The average molecular weight is 597 g/mol. The molecule has 0 saturated carbocycles. The van der Waals surface area contributed by atoms with Gasteiger partial charge in [0.05, 0.1) is 23.0 Å². The lowest BCUT2D eigenvalue weighted by Crippen LogP contribution is -2.56. The van der Waals surface area contributed by atoms with Crippen molar-refractivity contribution in [2.45, 2.75) is 50.2 Å². The zero-order valence-electron chi connectivity index (χ0n) is 24.7. The van der Waals surface area contributed by atoms with Gasteiger partial charge in [-0.25, -0.2) is 4.68 Å². The van der Waals surface area contributed by atoms with Gasteiger partial charge in [-0.1, -0.05) is 72.0 Å². The normalized spacial score (nSPS) is 29.6. The fourth-order valence-corrected chi connectivity index (χ4v) is 7.51. The van der Waals surface area contributed by atoms with E-state index in [-0.39, 0.29) is 44.1 Å². The molecule has 1 aromatic heterocycles. The number of rotatable bonds is 8. The summed E-state index contributed by atoms with van der Waals surface area (Å²) in [6, 6.07) is 16.4. The van der Waals surface area contributed by atoms with Gasteiger partial charge in [0, 0.05) is 32.8 Å². The summed E-state index contributed by atoms with van der Waals surface area (Å²) >= 11 is 0. The monoisotopic (exact) mass is 596 g/mol. The predicted octanol–water partition coefficient (Wildman–Crippen LogP) is 2.13. The van der Waals surface area contributed by atoms with Crippen LogP contribution in [-0.2, 0) is 32.3 Å².